The molecule has 0 heterocycles. The van der Waals surface area contributed by atoms with Crippen LogP contribution in [0.2, 0.25) is 0 Å². The van der Waals surface area contributed by atoms with Crippen molar-refractivity contribution in [2.24, 2.45) is 11.8 Å². The van der Waals surface area contributed by atoms with E-state index in [1.54, 1.807) is 6.92 Å². The van der Waals surface area contributed by atoms with Gasteiger partial charge in [0.2, 0.25) is 0 Å². The van der Waals surface area contributed by atoms with Gasteiger partial charge in [0, 0.05) is 13.2 Å². The van der Waals surface area contributed by atoms with E-state index >= 15 is 0 Å². The molecule has 13 heavy (non-hydrogen) atoms. The van der Waals surface area contributed by atoms with Gasteiger partial charge >= 0.3 is 5.97 Å². The lowest BCUT2D eigenvalue weighted by molar-refractivity contribution is -0.142. The minimum Gasteiger partial charge on any atom is -0.481 e. The molecule has 0 aromatic rings. The molecule has 0 aliphatic carbocycles. The van der Waals surface area contributed by atoms with Crippen molar-refractivity contribution >= 4 is 5.97 Å². The molecular weight excluding hydrogens is 168 g/mol. The van der Waals surface area contributed by atoms with Crippen LogP contribution >= 0.6 is 0 Å². The Hall–Kier alpha value is -0.570. The molecule has 3 heteroatoms. The Morgan fingerprint density at radius 3 is 2.54 bits per heavy atom. The highest BCUT2D eigenvalue weighted by Crippen LogP contribution is 2.16. The molecule has 0 bridgehead atoms. The number of carboxylic acid groups (broad SMARTS) is 1. The Bertz CT molecular complexity index is 145. The van der Waals surface area contributed by atoms with E-state index in [1.807, 2.05) is 13.8 Å². The second-order valence-electron chi connectivity index (χ2n) is 3.44. The third kappa shape index (κ3) is 5.64. The van der Waals surface area contributed by atoms with Gasteiger partial charge in [-0.3, -0.25) is 4.79 Å². The van der Waals surface area contributed by atoms with Gasteiger partial charge in [-0.25, -0.2) is 0 Å². The first kappa shape index (κ1) is 12.4. The third-order valence-electron chi connectivity index (χ3n) is 2.40. The summed E-state index contributed by atoms with van der Waals surface area (Å²) in [7, 11) is 0. The fraction of sp³-hybridized carbons (Fsp3) is 0.900. The zero-order valence-electron chi connectivity index (χ0n) is 8.75. The second kappa shape index (κ2) is 6.89. The molecule has 78 valence electrons. The topological polar surface area (TPSA) is 46.5 Å². The molecule has 0 saturated carbocycles. The van der Waals surface area contributed by atoms with Gasteiger partial charge in [0.05, 0.1) is 5.92 Å². The highest BCUT2D eigenvalue weighted by atomic mass is 16.5. The molecule has 0 aliphatic heterocycles. The van der Waals surface area contributed by atoms with Crippen molar-refractivity contribution in [3.8, 4) is 0 Å². The van der Waals surface area contributed by atoms with Gasteiger partial charge in [0.15, 0.2) is 0 Å². The van der Waals surface area contributed by atoms with Crippen LogP contribution in [0.3, 0.4) is 0 Å². The summed E-state index contributed by atoms with van der Waals surface area (Å²) in [4.78, 5) is 10.6. The number of ether oxygens (including phenoxy) is 1. The summed E-state index contributed by atoms with van der Waals surface area (Å²) >= 11 is 0. The summed E-state index contributed by atoms with van der Waals surface area (Å²) in [6, 6.07) is 0. The molecule has 0 aromatic heterocycles. The maximum absolute atomic E-state index is 10.6. The van der Waals surface area contributed by atoms with Gasteiger partial charge < -0.3 is 9.84 Å². The minimum atomic E-state index is -0.705. The maximum atomic E-state index is 10.6. The van der Waals surface area contributed by atoms with Gasteiger partial charge in [0.25, 0.3) is 0 Å². The number of hydrogen-bond acceptors (Lipinski definition) is 2. The van der Waals surface area contributed by atoms with E-state index < -0.39 is 5.97 Å². The second-order valence-corrected chi connectivity index (χ2v) is 3.44. The largest absolute Gasteiger partial charge is 0.481 e. The van der Waals surface area contributed by atoms with E-state index in [2.05, 4.69) is 0 Å². The molecule has 2 unspecified atom stereocenters. The summed E-state index contributed by atoms with van der Waals surface area (Å²) in [6.45, 7) is 7.18. The molecule has 0 saturated heterocycles. The normalized spacial score (nSPS) is 15.3. The fourth-order valence-corrected chi connectivity index (χ4v) is 1.15. The molecule has 0 fully saturated rings. The Morgan fingerprint density at radius 1 is 1.46 bits per heavy atom. The van der Waals surface area contributed by atoms with E-state index in [0.717, 1.165) is 26.1 Å². The summed E-state index contributed by atoms with van der Waals surface area (Å²) in [5.41, 5.74) is 0. The zero-order chi connectivity index (χ0) is 10.3. The van der Waals surface area contributed by atoms with E-state index in [1.165, 1.54) is 0 Å². The first-order chi connectivity index (χ1) is 6.09. The SMILES string of the molecule is CCOCCCC(C)C(C)C(=O)O. The minimum absolute atomic E-state index is 0.234. The molecule has 0 aromatic carbocycles. The van der Waals surface area contributed by atoms with Crippen molar-refractivity contribution in [2.45, 2.75) is 33.6 Å². The van der Waals surface area contributed by atoms with Crippen molar-refractivity contribution < 1.29 is 14.6 Å². The van der Waals surface area contributed by atoms with Gasteiger partial charge in [-0.2, -0.15) is 0 Å². The quantitative estimate of drug-likeness (QED) is 0.623. The van der Waals surface area contributed by atoms with Crippen LogP contribution in [0.5, 0.6) is 0 Å². The average Bonchev–Trinajstić information content (AvgIpc) is 2.10. The van der Waals surface area contributed by atoms with Crippen LogP contribution in [-0.2, 0) is 9.53 Å². The number of carbonyl (C=O) groups is 1. The van der Waals surface area contributed by atoms with Gasteiger partial charge in [-0.05, 0) is 25.7 Å². The molecule has 1 N–H and O–H groups in total. The number of carboxylic acids is 1. The lowest BCUT2D eigenvalue weighted by atomic mass is 9.92. The highest BCUT2D eigenvalue weighted by molar-refractivity contribution is 5.69. The standard InChI is InChI=1S/C10H20O3/c1-4-13-7-5-6-8(2)9(3)10(11)12/h8-9H,4-7H2,1-3H3,(H,11,12). The van der Waals surface area contributed by atoms with Gasteiger partial charge in [-0.1, -0.05) is 13.8 Å². The highest BCUT2D eigenvalue weighted by Gasteiger charge is 2.18. The van der Waals surface area contributed by atoms with Crippen LogP contribution in [0.1, 0.15) is 33.6 Å². The molecule has 0 spiro atoms. The molecule has 0 radical (unpaired) electrons. The molecular formula is C10H20O3. The van der Waals surface area contributed by atoms with Crippen LogP contribution in [0.15, 0.2) is 0 Å². The predicted octanol–water partition coefficient (Wildman–Crippen LogP) is 2.16. The molecule has 0 rings (SSSR count). The van der Waals surface area contributed by atoms with Crippen LogP contribution < -0.4 is 0 Å². The number of rotatable bonds is 7. The van der Waals surface area contributed by atoms with Gasteiger partial charge in [0.1, 0.15) is 0 Å². The Labute approximate surface area is 80.1 Å². The fourth-order valence-electron chi connectivity index (χ4n) is 1.15. The monoisotopic (exact) mass is 188 g/mol. The van der Waals surface area contributed by atoms with Crippen molar-refractivity contribution in [3.05, 3.63) is 0 Å². The summed E-state index contributed by atoms with van der Waals surface area (Å²) in [5.74, 6) is -0.719. The zero-order valence-corrected chi connectivity index (χ0v) is 8.75. The van der Waals surface area contributed by atoms with E-state index in [-0.39, 0.29) is 11.8 Å². The summed E-state index contributed by atoms with van der Waals surface area (Å²) < 4.78 is 5.18. The third-order valence-corrected chi connectivity index (χ3v) is 2.40. The lowest BCUT2D eigenvalue weighted by Crippen LogP contribution is -2.18. The Kier molecular flexibility index (Phi) is 6.59. The van der Waals surface area contributed by atoms with Crippen LogP contribution in [-0.4, -0.2) is 24.3 Å². The lowest BCUT2D eigenvalue weighted by Gasteiger charge is -2.15. The summed E-state index contributed by atoms with van der Waals surface area (Å²) in [6.07, 6.45) is 1.88. The van der Waals surface area contributed by atoms with Crippen molar-refractivity contribution in [3.63, 3.8) is 0 Å². The first-order valence-corrected chi connectivity index (χ1v) is 4.90. The smallest absolute Gasteiger partial charge is 0.306 e. The van der Waals surface area contributed by atoms with Gasteiger partial charge in [-0.15, -0.1) is 0 Å². The Morgan fingerprint density at radius 2 is 2.08 bits per heavy atom. The average molecular weight is 188 g/mol. The van der Waals surface area contributed by atoms with Crippen molar-refractivity contribution in [2.75, 3.05) is 13.2 Å². The predicted molar refractivity (Wildman–Crippen MR) is 51.7 cm³/mol. The molecule has 3 nitrogen and oxygen atoms in total. The maximum Gasteiger partial charge on any atom is 0.306 e. The van der Waals surface area contributed by atoms with Crippen LogP contribution in [0.4, 0.5) is 0 Å². The summed E-state index contributed by atoms with van der Waals surface area (Å²) in [5, 5.41) is 8.72. The Balaban J connectivity index is 3.50. The number of hydrogen-bond donors (Lipinski definition) is 1. The van der Waals surface area contributed by atoms with Crippen LogP contribution in [0.25, 0.3) is 0 Å². The molecule has 2 atom stereocenters. The van der Waals surface area contributed by atoms with Crippen molar-refractivity contribution in [1.82, 2.24) is 0 Å². The van der Waals surface area contributed by atoms with E-state index in [4.69, 9.17) is 9.84 Å². The molecule has 0 aliphatic rings. The van der Waals surface area contributed by atoms with E-state index in [0.29, 0.717) is 0 Å². The van der Waals surface area contributed by atoms with Crippen molar-refractivity contribution in [1.29, 1.82) is 0 Å². The number of aliphatic carboxylic acids is 1. The van der Waals surface area contributed by atoms with Crippen LogP contribution in [0, 0.1) is 11.8 Å². The first-order valence-electron chi connectivity index (χ1n) is 4.90. The van der Waals surface area contributed by atoms with E-state index in [9.17, 15) is 4.79 Å². The molecule has 0 amide bonds.